The molecule has 0 bridgehead atoms. The minimum atomic E-state index is -2.92. The number of aromatic nitrogens is 1. The van der Waals surface area contributed by atoms with Crippen LogP contribution in [0, 0.1) is 0 Å². The van der Waals surface area contributed by atoms with Gasteiger partial charge in [0.05, 0.1) is 0 Å². The van der Waals surface area contributed by atoms with Crippen LogP contribution in [0.25, 0.3) is 10.9 Å². The van der Waals surface area contributed by atoms with E-state index in [2.05, 4.69) is 0 Å². The van der Waals surface area contributed by atoms with E-state index in [0.29, 0.717) is 54.3 Å². The molecule has 0 aliphatic carbocycles. The number of nitrogens with two attached hydrogens (primary N) is 1. The molecule has 10 nitrogen and oxygen atoms in total. The van der Waals surface area contributed by atoms with Crippen molar-refractivity contribution in [3.63, 3.8) is 0 Å². The summed E-state index contributed by atoms with van der Waals surface area (Å²) in [6.45, 7) is -0.142. The average Bonchev–Trinajstić information content (AvgIpc) is 3.18. The van der Waals surface area contributed by atoms with Crippen molar-refractivity contribution in [1.82, 2.24) is 4.57 Å². The predicted molar refractivity (Wildman–Crippen MR) is 123 cm³/mol. The molecular weight excluding hydrogens is 499 g/mol. The van der Waals surface area contributed by atoms with Gasteiger partial charge in [0.15, 0.2) is 0 Å². The molecule has 0 aliphatic rings. The SMILES string of the molecule is COc1cc([Se](=O)c2cn(CC(N)=O)c3c(OC)c(OC)c(OC)cc23)cc(OC)c1OC. The first kappa shape index (κ1) is 24.2. The maximum absolute atomic E-state index is 13.9. The molecule has 2 N–H and O–H groups in total. The molecule has 1 aromatic heterocycles. The average molecular weight is 525 g/mol. The summed E-state index contributed by atoms with van der Waals surface area (Å²) in [7, 11) is 8.92. The van der Waals surface area contributed by atoms with Crippen LogP contribution in [0.5, 0.6) is 34.5 Å². The van der Waals surface area contributed by atoms with Gasteiger partial charge in [-0.2, -0.15) is 0 Å². The Balaban J connectivity index is 2.33. The number of ether oxygens (including phenoxy) is 6. The van der Waals surface area contributed by atoms with Crippen LogP contribution in [0.3, 0.4) is 0 Å². The second-order valence-corrected chi connectivity index (χ2v) is 9.80. The first-order valence-corrected chi connectivity index (χ1v) is 12.1. The Kier molecular flexibility index (Phi) is 7.35. The molecule has 1 heterocycles. The number of fused-ring (bicyclic) bond motifs is 1. The minimum absolute atomic E-state index is 0.142. The summed E-state index contributed by atoms with van der Waals surface area (Å²) in [4.78, 5) is 11.8. The van der Waals surface area contributed by atoms with Gasteiger partial charge >= 0.3 is 195 Å². The van der Waals surface area contributed by atoms with Crippen LogP contribution >= 0.6 is 0 Å². The number of hydrogen-bond acceptors (Lipinski definition) is 8. The Bertz CT molecular complexity index is 1200. The maximum atomic E-state index is 13.9. The summed E-state index contributed by atoms with van der Waals surface area (Å²) < 4.78 is 49.2. The van der Waals surface area contributed by atoms with E-state index in [1.807, 2.05) is 0 Å². The Morgan fingerprint density at radius 2 is 1.33 bits per heavy atom. The van der Waals surface area contributed by atoms with Gasteiger partial charge in [0.2, 0.25) is 0 Å². The number of benzene rings is 2. The van der Waals surface area contributed by atoms with Gasteiger partial charge in [-0.15, -0.1) is 0 Å². The molecule has 0 spiro atoms. The van der Waals surface area contributed by atoms with Crippen LogP contribution < -0.4 is 43.1 Å². The molecule has 1 amide bonds. The third-order valence-corrected chi connectivity index (χ3v) is 7.92. The van der Waals surface area contributed by atoms with E-state index in [1.165, 1.54) is 42.7 Å². The second kappa shape index (κ2) is 10.0. The van der Waals surface area contributed by atoms with Crippen molar-refractivity contribution in [2.24, 2.45) is 5.73 Å². The molecule has 0 fully saturated rings. The van der Waals surface area contributed by atoms with E-state index in [4.69, 9.17) is 34.2 Å². The van der Waals surface area contributed by atoms with E-state index in [-0.39, 0.29) is 6.54 Å². The van der Waals surface area contributed by atoms with E-state index in [0.717, 1.165) is 0 Å². The van der Waals surface area contributed by atoms with E-state index < -0.39 is 19.7 Å². The Hall–Kier alpha value is -3.43. The number of carbonyl (C=O) groups is 1. The Morgan fingerprint density at radius 1 is 0.818 bits per heavy atom. The molecular formula is C22H26N2O8Se. The zero-order chi connectivity index (χ0) is 24.3. The predicted octanol–water partition coefficient (Wildman–Crippen LogP) is 0.714. The zero-order valence-electron chi connectivity index (χ0n) is 19.2. The van der Waals surface area contributed by atoms with Gasteiger partial charge in [0.1, 0.15) is 0 Å². The van der Waals surface area contributed by atoms with Crippen molar-refractivity contribution >= 4 is 39.6 Å². The van der Waals surface area contributed by atoms with Gasteiger partial charge in [-0.05, 0) is 0 Å². The molecule has 3 rings (SSSR count). The Labute approximate surface area is 195 Å². The molecule has 0 saturated carbocycles. The van der Waals surface area contributed by atoms with Gasteiger partial charge in [-0.3, -0.25) is 0 Å². The summed E-state index contributed by atoms with van der Waals surface area (Å²) in [5.74, 6) is 1.67. The third-order valence-electron chi connectivity index (χ3n) is 5.01. The zero-order valence-corrected chi connectivity index (χ0v) is 20.9. The molecule has 0 radical (unpaired) electrons. The molecule has 1 atom stereocenters. The van der Waals surface area contributed by atoms with Crippen LogP contribution in [-0.2, 0) is 15.2 Å². The topological polar surface area (TPSA) is 120 Å². The van der Waals surface area contributed by atoms with Gasteiger partial charge < -0.3 is 0 Å². The van der Waals surface area contributed by atoms with E-state index >= 15 is 0 Å². The van der Waals surface area contributed by atoms with Crippen molar-refractivity contribution in [2.75, 3.05) is 42.7 Å². The number of nitrogens with zero attached hydrogens (tertiary/aromatic N) is 1. The fourth-order valence-electron chi connectivity index (χ4n) is 3.62. The van der Waals surface area contributed by atoms with Crippen LogP contribution in [-0.4, -0.2) is 67.0 Å². The van der Waals surface area contributed by atoms with Crippen molar-refractivity contribution in [1.29, 1.82) is 0 Å². The number of primary amides is 1. The number of carbonyl (C=O) groups excluding carboxylic acids is 1. The monoisotopic (exact) mass is 526 g/mol. The summed E-state index contributed by atoms with van der Waals surface area (Å²) >= 11 is -2.92. The van der Waals surface area contributed by atoms with Gasteiger partial charge in [0, 0.05) is 0 Å². The molecule has 2 aromatic carbocycles. The first-order chi connectivity index (χ1) is 15.8. The first-order valence-electron chi connectivity index (χ1n) is 9.66. The second-order valence-electron chi connectivity index (χ2n) is 6.76. The molecule has 33 heavy (non-hydrogen) atoms. The summed E-state index contributed by atoms with van der Waals surface area (Å²) in [6.07, 6.45) is 1.64. The third kappa shape index (κ3) is 4.29. The number of hydrogen-bond donors (Lipinski definition) is 1. The fraction of sp³-hybridized carbons (Fsp3) is 0.318. The fourth-order valence-corrected chi connectivity index (χ4v) is 6.27. The Morgan fingerprint density at radius 3 is 1.79 bits per heavy atom. The van der Waals surface area contributed by atoms with Gasteiger partial charge in [-0.1, -0.05) is 0 Å². The van der Waals surface area contributed by atoms with E-state index in [9.17, 15) is 8.63 Å². The van der Waals surface area contributed by atoms with Crippen LogP contribution in [0.1, 0.15) is 0 Å². The van der Waals surface area contributed by atoms with Crippen molar-refractivity contribution < 1.29 is 37.1 Å². The quantitative estimate of drug-likeness (QED) is 0.385. The number of amides is 1. The van der Waals surface area contributed by atoms with E-state index in [1.54, 1.807) is 29.0 Å². The molecule has 11 heteroatoms. The molecule has 0 saturated heterocycles. The standard InChI is InChI=1S/C22H26N2O8Se/c1-27-14-7-12(8-15(28-2)20(14)30-4)33(26)17-10-24(11-18(23)25)19-13(17)9-16(29-3)21(31-5)22(19)32-6/h7-10H,11H2,1-6H3,(H2,23,25). The summed E-state index contributed by atoms with van der Waals surface area (Å²) in [6, 6.07) is 5.00. The normalized spacial score (nSPS) is 11.7. The number of rotatable bonds is 10. The van der Waals surface area contributed by atoms with Crippen LogP contribution in [0.4, 0.5) is 0 Å². The van der Waals surface area contributed by atoms with Gasteiger partial charge in [0.25, 0.3) is 0 Å². The molecule has 3 aromatic rings. The van der Waals surface area contributed by atoms with Crippen LogP contribution in [0.2, 0.25) is 0 Å². The van der Waals surface area contributed by atoms with Crippen molar-refractivity contribution in [3.05, 3.63) is 24.4 Å². The molecule has 178 valence electrons. The summed E-state index contributed by atoms with van der Waals surface area (Å²) in [5.41, 5.74) is 5.98. The van der Waals surface area contributed by atoms with Gasteiger partial charge in [-0.25, -0.2) is 0 Å². The summed E-state index contributed by atoms with van der Waals surface area (Å²) in [5, 5.41) is 0.583. The van der Waals surface area contributed by atoms with Crippen molar-refractivity contribution in [2.45, 2.75) is 6.54 Å². The molecule has 0 aliphatic heterocycles. The molecule has 1 unspecified atom stereocenters. The number of methoxy groups -OCH3 is 6. The van der Waals surface area contributed by atoms with Crippen molar-refractivity contribution in [3.8, 4) is 34.5 Å². The van der Waals surface area contributed by atoms with Crippen LogP contribution in [0.15, 0.2) is 24.4 Å².